The molecule has 22 heavy (non-hydrogen) atoms. The molecule has 0 aromatic heterocycles. The van der Waals surface area contributed by atoms with E-state index in [-0.39, 0.29) is 18.3 Å². The van der Waals surface area contributed by atoms with Gasteiger partial charge in [0.2, 0.25) is 0 Å². The highest BCUT2D eigenvalue weighted by atomic mass is 16.5. The number of anilines is 1. The second-order valence-electron chi connectivity index (χ2n) is 5.89. The van der Waals surface area contributed by atoms with Crippen LogP contribution in [0, 0.1) is 0 Å². The number of hydrogen-bond donors (Lipinski definition) is 1. The first-order valence-electron chi connectivity index (χ1n) is 7.78. The van der Waals surface area contributed by atoms with Crippen molar-refractivity contribution < 1.29 is 14.3 Å². The van der Waals surface area contributed by atoms with Gasteiger partial charge in [-0.05, 0) is 38.0 Å². The molecule has 1 aromatic rings. The van der Waals surface area contributed by atoms with Crippen LogP contribution < -0.4 is 10.5 Å². The number of hydrogen-bond acceptors (Lipinski definition) is 4. The zero-order chi connectivity index (χ0) is 16.1. The second kappa shape index (κ2) is 7.29. The Bertz CT molecular complexity index is 551. The number of nitrogens with zero attached hydrogens (tertiary/aromatic N) is 1. The predicted molar refractivity (Wildman–Crippen MR) is 86.0 cm³/mol. The molecule has 0 heterocycles. The highest BCUT2D eigenvalue weighted by Gasteiger charge is 2.22. The van der Waals surface area contributed by atoms with E-state index >= 15 is 0 Å². The summed E-state index contributed by atoms with van der Waals surface area (Å²) >= 11 is 0. The van der Waals surface area contributed by atoms with Crippen molar-refractivity contribution >= 4 is 17.4 Å². The Labute approximate surface area is 131 Å². The highest BCUT2D eigenvalue weighted by Crippen LogP contribution is 2.24. The zero-order valence-corrected chi connectivity index (χ0v) is 13.3. The summed E-state index contributed by atoms with van der Waals surface area (Å²) in [5.41, 5.74) is 6.78. The molecule has 1 saturated carbocycles. The van der Waals surface area contributed by atoms with Crippen LogP contribution in [-0.2, 0) is 4.79 Å². The Hall–Kier alpha value is -2.04. The molecule has 1 fully saturated rings. The summed E-state index contributed by atoms with van der Waals surface area (Å²) in [5.74, 6) is 0.351. The van der Waals surface area contributed by atoms with Crippen LogP contribution in [0.25, 0.3) is 0 Å². The van der Waals surface area contributed by atoms with Crippen LogP contribution >= 0.6 is 0 Å². The Kier molecular flexibility index (Phi) is 5.41. The minimum absolute atomic E-state index is 0.0311. The number of likely N-dealkylation sites (N-methyl/N-ethyl adjacent to an activating group) is 1. The smallest absolute Gasteiger partial charge is 0.260 e. The second-order valence-corrected chi connectivity index (χ2v) is 5.89. The molecule has 1 aliphatic carbocycles. The van der Waals surface area contributed by atoms with Crippen molar-refractivity contribution in [2.75, 3.05) is 19.4 Å². The first kappa shape index (κ1) is 16.3. The van der Waals surface area contributed by atoms with Gasteiger partial charge in [-0.2, -0.15) is 0 Å². The van der Waals surface area contributed by atoms with Crippen LogP contribution in [0.2, 0.25) is 0 Å². The van der Waals surface area contributed by atoms with Crippen molar-refractivity contribution in [2.45, 2.75) is 45.1 Å². The van der Waals surface area contributed by atoms with Crippen LogP contribution in [0.5, 0.6) is 5.75 Å². The monoisotopic (exact) mass is 304 g/mol. The molecule has 1 aromatic carbocycles. The Morgan fingerprint density at radius 2 is 1.95 bits per heavy atom. The van der Waals surface area contributed by atoms with E-state index in [1.54, 1.807) is 23.1 Å². The summed E-state index contributed by atoms with van der Waals surface area (Å²) in [7, 11) is 1.84. The van der Waals surface area contributed by atoms with Crippen LogP contribution in [0.4, 0.5) is 5.69 Å². The lowest BCUT2D eigenvalue weighted by Crippen LogP contribution is -2.40. The molecule has 0 saturated heterocycles. The number of Topliss-reactive ketones (excluding diaryl/α,β-unsaturated/α-hetero) is 1. The number of nitrogens with two attached hydrogens (primary N) is 1. The minimum Gasteiger partial charge on any atom is -0.482 e. The lowest BCUT2D eigenvalue weighted by molar-refractivity contribution is -0.134. The van der Waals surface area contributed by atoms with E-state index in [0.717, 1.165) is 12.8 Å². The molecule has 1 amide bonds. The third-order valence-electron chi connectivity index (χ3n) is 4.28. The average Bonchev–Trinajstić information content (AvgIpc) is 2.53. The molecular weight excluding hydrogens is 280 g/mol. The van der Waals surface area contributed by atoms with Crippen molar-refractivity contribution in [1.82, 2.24) is 4.90 Å². The third kappa shape index (κ3) is 4.00. The Morgan fingerprint density at radius 1 is 1.27 bits per heavy atom. The van der Waals surface area contributed by atoms with Gasteiger partial charge < -0.3 is 15.4 Å². The molecule has 0 aliphatic heterocycles. The average molecular weight is 304 g/mol. The molecule has 0 bridgehead atoms. The standard InChI is InChI=1S/C17H24N2O3/c1-12(20)13-8-9-16(15(18)10-13)22-11-17(21)19(2)14-6-4-3-5-7-14/h8-10,14H,3-7,11,18H2,1-2H3. The molecule has 0 atom stereocenters. The van der Waals surface area contributed by atoms with Gasteiger partial charge in [-0.1, -0.05) is 19.3 Å². The molecular formula is C17H24N2O3. The minimum atomic E-state index is -0.0497. The number of ether oxygens (including phenoxy) is 1. The van der Waals surface area contributed by atoms with Gasteiger partial charge >= 0.3 is 0 Å². The molecule has 5 nitrogen and oxygen atoms in total. The lowest BCUT2D eigenvalue weighted by atomic mass is 9.94. The number of nitrogen functional groups attached to an aromatic ring is 1. The maximum atomic E-state index is 12.2. The van der Waals surface area contributed by atoms with E-state index in [9.17, 15) is 9.59 Å². The van der Waals surface area contributed by atoms with Gasteiger partial charge in [0, 0.05) is 18.7 Å². The van der Waals surface area contributed by atoms with E-state index in [4.69, 9.17) is 10.5 Å². The lowest BCUT2D eigenvalue weighted by Gasteiger charge is -2.31. The maximum absolute atomic E-state index is 12.2. The number of ketones is 1. The largest absolute Gasteiger partial charge is 0.482 e. The van der Waals surface area contributed by atoms with Crippen LogP contribution in [-0.4, -0.2) is 36.3 Å². The number of rotatable bonds is 5. The van der Waals surface area contributed by atoms with E-state index in [0.29, 0.717) is 23.0 Å². The van der Waals surface area contributed by atoms with Crippen molar-refractivity contribution in [1.29, 1.82) is 0 Å². The fourth-order valence-corrected chi connectivity index (χ4v) is 2.81. The summed E-state index contributed by atoms with van der Waals surface area (Å²) < 4.78 is 5.52. The van der Waals surface area contributed by atoms with E-state index < -0.39 is 0 Å². The summed E-state index contributed by atoms with van der Waals surface area (Å²) in [6.45, 7) is 1.45. The molecule has 1 aliphatic rings. The van der Waals surface area contributed by atoms with Crippen molar-refractivity contribution in [3.8, 4) is 5.75 Å². The van der Waals surface area contributed by atoms with Gasteiger partial charge in [-0.25, -0.2) is 0 Å². The first-order valence-corrected chi connectivity index (χ1v) is 7.78. The molecule has 120 valence electrons. The topological polar surface area (TPSA) is 72.6 Å². The van der Waals surface area contributed by atoms with Crippen LogP contribution in [0.15, 0.2) is 18.2 Å². The summed E-state index contributed by atoms with van der Waals surface area (Å²) in [4.78, 5) is 25.3. The van der Waals surface area contributed by atoms with Gasteiger partial charge in [0.05, 0.1) is 5.69 Å². The van der Waals surface area contributed by atoms with Gasteiger partial charge in [-0.15, -0.1) is 0 Å². The van der Waals surface area contributed by atoms with E-state index in [1.807, 2.05) is 7.05 Å². The van der Waals surface area contributed by atoms with Crippen LogP contribution in [0.3, 0.4) is 0 Å². The SMILES string of the molecule is CC(=O)c1ccc(OCC(=O)N(C)C2CCCCC2)c(N)c1. The summed E-state index contributed by atoms with van der Waals surface area (Å²) in [6.07, 6.45) is 5.76. The molecule has 2 N–H and O–H groups in total. The molecule has 0 spiro atoms. The van der Waals surface area contributed by atoms with Gasteiger partial charge in [0.15, 0.2) is 12.4 Å². The highest BCUT2D eigenvalue weighted by molar-refractivity contribution is 5.95. The number of benzene rings is 1. The molecule has 2 rings (SSSR count). The van der Waals surface area contributed by atoms with E-state index in [2.05, 4.69) is 0 Å². The van der Waals surface area contributed by atoms with Crippen LogP contribution in [0.1, 0.15) is 49.4 Å². The van der Waals surface area contributed by atoms with Gasteiger partial charge in [-0.3, -0.25) is 9.59 Å². The number of amides is 1. The number of carbonyl (C=O) groups is 2. The fraction of sp³-hybridized carbons (Fsp3) is 0.529. The fourth-order valence-electron chi connectivity index (χ4n) is 2.81. The summed E-state index contributed by atoms with van der Waals surface area (Å²) in [5, 5.41) is 0. The number of carbonyl (C=O) groups excluding carboxylic acids is 2. The van der Waals surface area contributed by atoms with E-state index in [1.165, 1.54) is 26.2 Å². The maximum Gasteiger partial charge on any atom is 0.260 e. The normalized spacial score (nSPS) is 15.4. The van der Waals surface area contributed by atoms with Crippen molar-refractivity contribution in [3.05, 3.63) is 23.8 Å². The molecule has 0 unspecified atom stereocenters. The molecule has 0 radical (unpaired) electrons. The first-order chi connectivity index (χ1) is 10.5. The van der Waals surface area contributed by atoms with Crippen molar-refractivity contribution in [2.24, 2.45) is 0 Å². The summed E-state index contributed by atoms with van der Waals surface area (Å²) in [6, 6.07) is 5.19. The molecule has 5 heteroatoms. The van der Waals surface area contributed by atoms with Crippen molar-refractivity contribution in [3.63, 3.8) is 0 Å². The third-order valence-corrected chi connectivity index (χ3v) is 4.28. The Balaban J connectivity index is 1.91. The quantitative estimate of drug-likeness (QED) is 0.670. The van der Waals surface area contributed by atoms with Gasteiger partial charge in [0.25, 0.3) is 5.91 Å². The predicted octanol–water partition coefficient (Wildman–Crippen LogP) is 2.64. The zero-order valence-electron chi connectivity index (χ0n) is 13.3. The Morgan fingerprint density at radius 3 is 2.55 bits per heavy atom. The van der Waals surface area contributed by atoms with Gasteiger partial charge in [0.1, 0.15) is 5.75 Å².